The Bertz CT molecular complexity index is 595. The third kappa shape index (κ3) is 9.13. The zero-order valence-electron chi connectivity index (χ0n) is 19.8. The van der Waals surface area contributed by atoms with E-state index < -0.39 is 12.1 Å². The van der Waals surface area contributed by atoms with Crippen molar-refractivity contribution in [3.05, 3.63) is 0 Å². The van der Waals surface area contributed by atoms with Crippen LogP contribution in [0.3, 0.4) is 0 Å². The molecule has 4 unspecified atom stereocenters. The van der Waals surface area contributed by atoms with Crippen molar-refractivity contribution in [3.8, 4) is 0 Å². The first-order valence-corrected chi connectivity index (χ1v) is 10.8. The Kier molecular flexibility index (Phi) is 8.87. The van der Waals surface area contributed by atoms with Crippen molar-refractivity contribution >= 4 is 23.6 Å². The van der Waals surface area contributed by atoms with Crippen LogP contribution >= 0.6 is 0 Å². The van der Waals surface area contributed by atoms with Crippen LogP contribution < -0.4 is 21.3 Å². The minimum Gasteiger partial charge on any atom is -0.350 e. The lowest BCUT2D eigenvalue weighted by atomic mass is 9.80. The second-order valence-corrected chi connectivity index (χ2v) is 10.5. The second kappa shape index (κ2) is 10.3. The van der Waals surface area contributed by atoms with Crippen molar-refractivity contribution in [2.45, 2.75) is 104 Å². The third-order valence-electron chi connectivity index (χ3n) is 4.92. The molecule has 172 valence electrons. The molecule has 0 aromatic rings. The summed E-state index contributed by atoms with van der Waals surface area (Å²) in [5, 5.41) is 11.2. The van der Waals surface area contributed by atoms with Crippen LogP contribution in [-0.2, 0) is 19.2 Å². The van der Waals surface area contributed by atoms with E-state index in [1.54, 1.807) is 13.8 Å². The van der Waals surface area contributed by atoms with Crippen molar-refractivity contribution < 1.29 is 19.2 Å². The molecule has 0 aliphatic heterocycles. The van der Waals surface area contributed by atoms with E-state index in [1.807, 2.05) is 41.5 Å². The predicted octanol–water partition coefficient (Wildman–Crippen LogP) is 1.63. The van der Waals surface area contributed by atoms with Crippen LogP contribution in [0.5, 0.6) is 0 Å². The summed E-state index contributed by atoms with van der Waals surface area (Å²) in [7, 11) is 0. The van der Waals surface area contributed by atoms with E-state index in [9.17, 15) is 19.2 Å². The van der Waals surface area contributed by atoms with Crippen molar-refractivity contribution in [1.82, 2.24) is 21.3 Å². The largest absolute Gasteiger partial charge is 0.350 e. The summed E-state index contributed by atoms with van der Waals surface area (Å²) in [6, 6.07) is -1.29. The van der Waals surface area contributed by atoms with Gasteiger partial charge in [0.1, 0.15) is 12.1 Å². The van der Waals surface area contributed by atoms with Gasteiger partial charge in [-0.25, -0.2) is 0 Å². The molecule has 0 heterocycles. The molecule has 30 heavy (non-hydrogen) atoms. The molecule has 8 nitrogen and oxygen atoms in total. The Labute approximate surface area is 180 Å². The number of hydrogen-bond acceptors (Lipinski definition) is 4. The second-order valence-electron chi connectivity index (χ2n) is 10.5. The van der Waals surface area contributed by atoms with Gasteiger partial charge < -0.3 is 21.3 Å². The molecule has 4 atom stereocenters. The highest BCUT2D eigenvalue weighted by atomic mass is 16.2. The molecular weight excluding hydrogens is 384 g/mol. The summed E-state index contributed by atoms with van der Waals surface area (Å²) in [6.07, 6.45) is 2.53. The molecule has 1 aliphatic rings. The number of amides is 4. The maximum Gasteiger partial charge on any atom is 0.242 e. The van der Waals surface area contributed by atoms with Gasteiger partial charge in [-0.1, -0.05) is 6.42 Å². The molecule has 1 aliphatic carbocycles. The van der Waals surface area contributed by atoms with Crippen LogP contribution in [0.2, 0.25) is 0 Å². The quantitative estimate of drug-likeness (QED) is 0.518. The molecule has 0 radical (unpaired) electrons. The number of carbonyl (C=O) groups excluding carboxylic acids is 4. The molecule has 0 aromatic carbocycles. The van der Waals surface area contributed by atoms with Crippen LogP contribution in [-0.4, -0.2) is 46.8 Å². The standard InChI is InChI=1S/C22H40N4O4/c1-13(17(27)25-21(3,4)5)23-19(29)15-10-9-11-16(12-15)20(30)24-14(2)18(28)26-22(6,7)8/h13-16H,9-12H2,1-8H3,(H,23,29)(H,24,30)(H,25,27)(H,26,28). The van der Waals surface area contributed by atoms with Gasteiger partial charge in [-0.3, -0.25) is 19.2 Å². The Hall–Kier alpha value is -2.12. The van der Waals surface area contributed by atoms with Crippen LogP contribution in [0, 0.1) is 11.8 Å². The lowest BCUT2D eigenvalue weighted by Crippen LogP contribution is -2.53. The van der Waals surface area contributed by atoms with Gasteiger partial charge in [0.25, 0.3) is 0 Å². The monoisotopic (exact) mass is 424 g/mol. The summed E-state index contributed by atoms with van der Waals surface area (Å²) in [5.41, 5.74) is -0.750. The first kappa shape index (κ1) is 25.9. The van der Waals surface area contributed by atoms with Gasteiger partial charge in [-0.05, 0) is 74.7 Å². The fourth-order valence-electron chi connectivity index (χ4n) is 3.42. The summed E-state index contributed by atoms with van der Waals surface area (Å²) < 4.78 is 0. The molecule has 0 saturated heterocycles. The molecule has 4 N–H and O–H groups in total. The Morgan fingerprint density at radius 1 is 0.700 bits per heavy atom. The van der Waals surface area contributed by atoms with Crippen molar-refractivity contribution in [3.63, 3.8) is 0 Å². The minimum atomic E-state index is -0.646. The van der Waals surface area contributed by atoms with E-state index in [1.165, 1.54) is 0 Å². The molecule has 1 rings (SSSR count). The minimum absolute atomic E-state index is 0.206. The molecule has 0 aromatic heterocycles. The van der Waals surface area contributed by atoms with E-state index in [4.69, 9.17) is 0 Å². The highest BCUT2D eigenvalue weighted by Gasteiger charge is 2.33. The van der Waals surface area contributed by atoms with E-state index >= 15 is 0 Å². The van der Waals surface area contributed by atoms with Gasteiger partial charge in [0, 0.05) is 22.9 Å². The summed E-state index contributed by atoms with van der Waals surface area (Å²) >= 11 is 0. The lowest BCUT2D eigenvalue weighted by molar-refractivity contribution is -0.135. The van der Waals surface area contributed by atoms with Crippen LogP contribution in [0.4, 0.5) is 0 Å². The van der Waals surface area contributed by atoms with Crippen molar-refractivity contribution in [2.24, 2.45) is 11.8 Å². The van der Waals surface area contributed by atoms with Crippen LogP contribution in [0.25, 0.3) is 0 Å². The average molecular weight is 425 g/mol. The number of carbonyl (C=O) groups is 4. The number of rotatable bonds is 6. The fraction of sp³-hybridized carbons (Fsp3) is 0.818. The molecule has 4 amide bonds. The maximum absolute atomic E-state index is 12.6. The smallest absolute Gasteiger partial charge is 0.242 e. The normalized spacial score (nSPS) is 21.7. The molecular formula is C22H40N4O4. The SMILES string of the molecule is CC(NC(=O)C1CCCC(C(=O)NC(C)C(=O)NC(C)(C)C)C1)C(=O)NC(C)(C)C. The van der Waals surface area contributed by atoms with Crippen LogP contribution in [0.1, 0.15) is 81.1 Å². The van der Waals surface area contributed by atoms with Crippen molar-refractivity contribution in [1.29, 1.82) is 0 Å². The molecule has 1 fully saturated rings. The topological polar surface area (TPSA) is 116 Å². The Balaban J connectivity index is 2.59. The summed E-state index contributed by atoms with van der Waals surface area (Å²) in [5.74, 6) is -1.53. The summed E-state index contributed by atoms with van der Waals surface area (Å²) in [6.45, 7) is 14.6. The van der Waals surface area contributed by atoms with E-state index in [2.05, 4.69) is 21.3 Å². The van der Waals surface area contributed by atoms with Gasteiger partial charge in [0.2, 0.25) is 23.6 Å². The summed E-state index contributed by atoms with van der Waals surface area (Å²) in [4.78, 5) is 49.7. The van der Waals surface area contributed by atoms with Gasteiger partial charge in [-0.2, -0.15) is 0 Å². The first-order chi connectivity index (χ1) is 13.6. The van der Waals surface area contributed by atoms with Gasteiger partial charge in [-0.15, -0.1) is 0 Å². The Morgan fingerprint density at radius 3 is 1.33 bits per heavy atom. The third-order valence-corrected chi connectivity index (χ3v) is 4.92. The van der Waals surface area contributed by atoms with Crippen molar-refractivity contribution in [2.75, 3.05) is 0 Å². The van der Waals surface area contributed by atoms with E-state index in [0.717, 1.165) is 6.42 Å². The predicted molar refractivity (Wildman–Crippen MR) is 116 cm³/mol. The number of hydrogen-bond donors (Lipinski definition) is 4. The maximum atomic E-state index is 12.6. The average Bonchev–Trinajstić information content (AvgIpc) is 2.58. The van der Waals surface area contributed by atoms with Gasteiger partial charge in [0.15, 0.2) is 0 Å². The first-order valence-electron chi connectivity index (χ1n) is 10.8. The molecule has 1 saturated carbocycles. The molecule has 8 heteroatoms. The highest BCUT2D eigenvalue weighted by molar-refractivity contribution is 5.90. The van der Waals surface area contributed by atoms with Gasteiger partial charge in [0.05, 0.1) is 0 Å². The fourth-order valence-corrected chi connectivity index (χ4v) is 3.42. The number of nitrogens with one attached hydrogen (secondary N) is 4. The zero-order chi connectivity index (χ0) is 23.3. The zero-order valence-corrected chi connectivity index (χ0v) is 19.8. The van der Waals surface area contributed by atoms with Gasteiger partial charge >= 0.3 is 0 Å². The molecule has 0 spiro atoms. The van der Waals surface area contributed by atoms with E-state index in [-0.39, 0.29) is 46.5 Å². The Morgan fingerprint density at radius 2 is 1.03 bits per heavy atom. The lowest BCUT2D eigenvalue weighted by Gasteiger charge is -2.30. The van der Waals surface area contributed by atoms with E-state index in [0.29, 0.717) is 19.3 Å². The molecule has 0 bridgehead atoms. The highest BCUT2D eigenvalue weighted by Crippen LogP contribution is 2.29. The van der Waals surface area contributed by atoms with Crippen LogP contribution in [0.15, 0.2) is 0 Å².